The number of amides is 1. The Morgan fingerprint density at radius 3 is 2.36 bits per heavy atom. The van der Waals surface area contributed by atoms with Gasteiger partial charge in [0.2, 0.25) is 5.91 Å². The summed E-state index contributed by atoms with van der Waals surface area (Å²) in [6, 6.07) is 38.3. The zero-order chi connectivity index (χ0) is 31.0. The van der Waals surface area contributed by atoms with Crippen LogP contribution in [0, 0.1) is 6.92 Å². The van der Waals surface area contributed by atoms with Gasteiger partial charge in [0.05, 0.1) is 11.6 Å². The van der Waals surface area contributed by atoms with E-state index in [0.29, 0.717) is 36.0 Å². The average Bonchev–Trinajstić information content (AvgIpc) is 3.52. The molecule has 0 aliphatic carbocycles. The van der Waals surface area contributed by atoms with E-state index in [1.54, 1.807) is 17.5 Å². The first-order valence-corrected chi connectivity index (χ1v) is 16.0. The Hall–Kier alpha value is -4.49. The number of carbonyl (C=O) groups is 1. The highest BCUT2D eigenvalue weighted by Gasteiger charge is 2.24. The number of carbonyl (C=O) groups excluding carboxylic acids is 1. The predicted octanol–water partition coefficient (Wildman–Crippen LogP) is 8.97. The lowest BCUT2D eigenvalue weighted by Crippen LogP contribution is -2.32. The highest BCUT2D eigenvalue weighted by Crippen LogP contribution is 2.41. The van der Waals surface area contributed by atoms with E-state index < -0.39 is 0 Å². The SMILES string of the molecule is Cc1ccc(-c2cccc(C(CNC(=O)COCc3ccccc3)c3cc(Cl)c4cccnc4c3OCc3ccccc3)c2)s1. The minimum atomic E-state index is -0.279. The molecule has 1 amide bonds. The van der Waals surface area contributed by atoms with Crippen LogP contribution in [0.3, 0.4) is 0 Å². The van der Waals surface area contributed by atoms with Gasteiger partial charge in [-0.1, -0.05) is 90.5 Å². The third-order valence-electron chi connectivity index (χ3n) is 7.59. The maximum atomic E-state index is 13.1. The monoisotopic (exact) mass is 632 g/mol. The van der Waals surface area contributed by atoms with Gasteiger partial charge in [0.25, 0.3) is 0 Å². The maximum absolute atomic E-state index is 13.1. The van der Waals surface area contributed by atoms with Crippen LogP contribution in [-0.2, 0) is 22.7 Å². The molecule has 0 saturated carbocycles. The van der Waals surface area contributed by atoms with Crippen LogP contribution in [-0.4, -0.2) is 24.0 Å². The Labute approximate surface area is 272 Å². The highest BCUT2D eigenvalue weighted by atomic mass is 35.5. The summed E-state index contributed by atoms with van der Waals surface area (Å²) >= 11 is 8.65. The number of benzene rings is 4. The Balaban J connectivity index is 1.35. The van der Waals surface area contributed by atoms with Gasteiger partial charge in [0, 0.05) is 39.4 Å². The van der Waals surface area contributed by atoms with Crippen molar-refractivity contribution in [2.45, 2.75) is 26.1 Å². The van der Waals surface area contributed by atoms with Crippen LogP contribution >= 0.6 is 22.9 Å². The van der Waals surface area contributed by atoms with Gasteiger partial charge >= 0.3 is 0 Å². The van der Waals surface area contributed by atoms with Gasteiger partial charge in [0.1, 0.15) is 24.5 Å². The molecule has 7 heteroatoms. The molecule has 6 aromatic rings. The van der Waals surface area contributed by atoms with Crippen molar-refractivity contribution < 1.29 is 14.3 Å². The van der Waals surface area contributed by atoms with Crippen molar-refractivity contribution in [1.29, 1.82) is 0 Å². The second kappa shape index (κ2) is 14.5. The largest absolute Gasteiger partial charge is 0.486 e. The summed E-state index contributed by atoms with van der Waals surface area (Å²) < 4.78 is 12.3. The molecule has 45 heavy (non-hydrogen) atoms. The molecule has 0 saturated heterocycles. The van der Waals surface area contributed by atoms with Gasteiger partial charge in [-0.2, -0.15) is 0 Å². The summed E-state index contributed by atoms with van der Waals surface area (Å²) in [5.74, 6) is 0.173. The summed E-state index contributed by atoms with van der Waals surface area (Å²) in [5, 5.41) is 4.51. The molecule has 6 rings (SSSR count). The van der Waals surface area contributed by atoms with Crippen molar-refractivity contribution in [2.24, 2.45) is 0 Å². The molecule has 2 aromatic heterocycles. The number of hydrogen-bond acceptors (Lipinski definition) is 5. The number of halogens is 1. The molecular weight excluding hydrogens is 600 g/mol. The zero-order valence-electron chi connectivity index (χ0n) is 24.9. The number of rotatable bonds is 12. The van der Waals surface area contributed by atoms with Crippen molar-refractivity contribution >= 4 is 39.7 Å². The number of fused-ring (bicyclic) bond motifs is 1. The zero-order valence-corrected chi connectivity index (χ0v) is 26.5. The van der Waals surface area contributed by atoms with Gasteiger partial charge in [-0.05, 0) is 65.6 Å². The van der Waals surface area contributed by atoms with Crippen molar-refractivity contribution in [3.63, 3.8) is 0 Å². The van der Waals surface area contributed by atoms with E-state index in [4.69, 9.17) is 26.1 Å². The number of aryl methyl sites for hydroxylation is 1. The van der Waals surface area contributed by atoms with Gasteiger partial charge in [-0.25, -0.2) is 0 Å². The summed E-state index contributed by atoms with van der Waals surface area (Å²) in [5.41, 5.74) is 5.74. The van der Waals surface area contributed by atoms with E-state index in [2.05, 4.69) is 48.6 Å². The smallest absolute Gasteiger partial charge is 0.246 e. The van der Waals surface area contributed by atoms with Crippen molar-refractivity contribution in [1.82, 2.24) is 10.3 Å². The lowest BCUT2D eigenvalue weighted by atomic mass is 9.88. The molecule has 0 fully saturated rings. The Kier molecular flexibility index (Phi) is 9.86. The lowest BCUT2D eigenvalue weighted by molar-refractivity contribution is -0.126. The average molecular weight is 633 g/mol. The van der Waals surface area contributed by atoms with Crippen LogP contribution in [0.15, 0.2) is 121 Å². The topological polar surface area (TPSA) is 60.5 Å². The van der Waals surface area contributed by atoms with E-state index >= 15 is 0 Å². The third kappa shape index (κ3) is 7.60. The summed E-state index contributed by atoms with van der Waals surface area (Å²) in [6.45, 7) is 3.10. The number of nitrogens with one attached hydrogen (secondary N) is 1. The summed E-state index contributed by atoms with van der Waals surface area (Å²) in [4.78, 5) is 20.2. The first-order chi connectivity index (χ1) is 22.0. The third-order valence-corrected chi connectivity index (χ3v) is 8.95. The van der Waals surface area contributed by atoms with Gasteiger partial charge in [-0.15, -0.1) is 11.3 Å². The molecule has 1 atom stereocenters. The molecule has 0 radical (unpaired) electrons. The molecular formula is C38H33ClN2O3S. The Bertz CT molecular complexity index is 1890. The first kappa shape index (κ1) is 30.5. The molecule has 0 spiro atoms. The second-order valence-corrected chi connectivity index (χ2v) is 12.5. The van der Waals surface area contributed by atoms with Crippen molar-refractivity contribution in [3.8, 4) is 16.2 Å². The van der Waals surface area contributed by atoms with E-state index in [1.165, 1.54) is 9.75 Å². The Morgan fingerprint density at radius 1 is 0.867 bits per heavy atom. The van der Waals surface area contributed by atoms with Crippen LogP contribution < -0.4 is 10.1 Å². The normalized spacial score (nSPS) is 11.8. The van der Waals surface area contributed by atoms with Gasteiger partial charge < -0.3 is 14.8 Å². The second-order valence-electron chi connectivity index (χ2n) is 10.8. The molecule has 4 aromatic carbocycles. The highest BCUT2D eigenvalue weighted by molar-refractivity contribution is 7.15. The van der Waals surface area contributed by atoms with Crippen LogP contribution in [0.5, 0.6) is 5.75 Å². The van der Waals surface area contributed by atoms with E-state index in [1.807, 2.05) is 78.9 Å². The predicted molar refractivity (Wildman–Crippen MR) is 183 cm³/mol. The van der Waals surface area contributed by atoms with Crippen LogP contribution in [0.2, 0.25) is 5.02 Å². The molecule has 0 aliphatic rings. The van der Waals surface area contributed by atoms with Crippen molar-refractivity contribution in [3.05, 3.63) is 154 Å². The molecule has 1 unspecified atom stereocenters. The van der Waals surface area contributed by atoms with Gasteiger partial charge in [-0.3, -0.25) is 9.78 Å². The molecule has 0 bridgehead atoms. The van der Waals surface area contributed by atoms with Crippen LogP contribution in [0.1, 0.15) is 33.0 Å². The van der Waals surface area contributed by atoms with E-state index in [9.17, 15) is 4.79 Å². The fourth-order valence-corrected chi connectivity index (χ4v) is 6.48. The number of hydrogen-bond donors (Lipinski definition) is 1. The maximum Gasteiger partial charge on any atom is 0.246 e. The van der Waals surface area contributed by atoms with E-state index in [-0.39, 0.29) is 18.4 Å². The fraction of sp³-hybridized carbons (Fsp3) is 0.158. The van der Waals surface area contributed by atoms with Crippen molar-refractivity contribution in [2.75, 3.05) is 13.2 Å². The fourth-order valence-electron chi connectivity index (χ4n) is 5.34. The number of thiophene rings is 1. The quantitative estimate of drug-likeness (QED) is 0.146. The Morgan fingerprint density at radius 2 is 1.62 bits per heavy atom. The first-order valence-electron chi connectivity index (χ1n) is 14.8. The number of nitrogens with zero attached hydrogens (tertiary/aromatic N) is 1. The standard InChI is InChI=1S/C38H33ClN2O3S/c1-26-17-18-35(45-26)30-15-8-14-29(20-30)33(22-41-36(42)25-43-23-27-10-4-2-5-11-27)32-21-34(39)31-16-9-19-40-37(31)38(32)44-24-28-12-6-3-7-13-28/h2-21,33H,22-25H2,1H3,(H,41,42). The number of aromatic nitrogens is 1. The number of pyridine rings is 1. The minimum Gasteiger partial charge on any atom is -0.486 e. The summed E-state index contributed by atoms with van der Waals surface area (Å²) in [6.07, 6.45) is 1.75. The van der Waals surface area contributed by atoms with E-state index in [0.717, 1.165) is 33.2 Å². The van der Waals surface area contributed by atoms with Crippen LogP contribution in [0.25, 0.3) is 21.3 Å². The summed E-state index contributed by atoms with van der Waals surface area (Å²) in [7, 11) is 0. The number of ether oxygens (including phenoxy) is 2. The minimum absolute atomic E-state index is 0.0481. The lowest BCUT2D eigenvalue weighted by Gasteiger charge is -2.24. The molecule has 0 aliphatic heterocycles. The van der Waals surface area contributed by atoms with Crippen LogP contribution in [0.4, 0.5) is 0 Å². The molecule has 226 valence electrons. The molecule has 2 heterocycles. The molecule has 5 nitrogen and oxygen atoms in total. The molecule has 1 N–H and O–H groups in total. The van der Waals surface area contributed by atoms with Gasteiger partial charge in [0.15, 0.2) is 0 Å².